The zero-order chi connectivity index (χ0) is 15.0. The van der Waals surface area contributed by atoms with E-state index in [-0.39, 0.29) is 36.9 Å². The van der Waals surface area contributed by atoms with Gasteiger partial charge in [0.25, 0.3) is 0 Å². The van der Waals surface area contributed by atoms with E-state index in [4.69, 9.17) is 4.74 Å². The molecule has 6 nitrogen and oxygen atoms in total. The first-order valence-electron chi connectivity index (χ1n) is 6.93. The third kappa shape index (κ3) is 2.82. The Morgan fingerprint density at radius 3 is 2.35 bits per heavy atom. The van der Waals surface area contributed by atoms with Crippen molar-refractivity contribution in [3.05, 3.63) is 0 Å². The third-order valence-corrected chi connectivity index (χ3v) is 6.03. The van der Waals surface area contributed by atoms with Crippen LogP contribution in [0.5, 0.6) is 0 Å². The maximum absolute atomic E-state index is 12.3. The molecule has 20 heavy (non-hydrogen) atoms. The summed E-state index contributed by atoms with van der Waals surface area (Å²) in [4.78, 5) is 24.1. The summed E-state index contributed by atoms with van der Waals surface area (Å²) >= 11 is 0. The van der Waals surface area contributed by atoms with Gasteiger partial charge in [0.2, 0.25) is 0 Å². The Hall–Kier alpha value is -1.11. The molecule has 1 N–H and O–H groups in total. The standard InChI is InChI=1S/C13H20O6S/c1-2-19-12(16)13(11(14)15,7-9-3-4-9)10-5-6-20(17,18)8-10/h9-10H,2-8H2,1H3,(H,14,15). The number of aliphatic carboxylic acids is 1. The molecule has 114 valence electrons. The monoisotopic (exact) mass is 304 g/mol. The molecule has 1 heterocycles. The number of rotatable bonds is 6. The first-order valence-corrected chi connectivity index (χ1v) is 8.75. The molecule has 0 radical (unpaired) electrons. The van der Waals surface area contributed by atoms with Gasteiger partial charge >= 0.3 is 11.9 Å². The summed E-state index contributed by atoms with van der Waals surface area (Å²) in [5.41, 5.74) is -1.69. The number of carboxylic acids is 1. The number of carboxylic acid groups (broad SMARTS) is 1. The van der Waals surface area contributed by atoms with E-state index >= 15 is 0 Å². The van der Waals surface area contributed by atoms with Crippen molar-refractivity contribution in [2.75, 3.05) is 18.1 Å². The first-order chi connectivity index (χ1) is 9.32. The van der Waals surface area contributed by atoms with E-state index in [0.717, 1.165) is 12.8 Å². The van der Waals surface area contributed by atoms with Gasteiger partial charge in [0.15, 0.2) is 15.3 Å². The van der Waals surface area contributed by atoms with E-state index in [2.05, 4.69) is 0 Å². The number of ether oxygens (including phenoxy) is 1. The van der Waals surface area contributed by atoms with Crippen molar-refractivity contribution >= 4 is 21.8 Å². The second kappa shape index (κ2) is 5.35. The molecule has 1 aliphatic carbocycles. The summed E-state index contributed by atoms with van der Waals surface area (Å²) in [5.74, 6) is -2.78. The van der Waals surface area contributed by atoms with Crippen LogP contribution in [0.4, 0.5) is 0 Å². The summed E-state index contributed by atoms with van der Waals surface area (Å²) in [7, 11) is -3.25. The minimum atomic E-state index is -3.25. The summed E-state index contributed by atoms with van der Waals surface area (Å²) < 4.78 is 28.3. The Morgan fingerprint density at radius 2 is 1.95 bits per heavy atom. The van der Waals surface area contributed by atoms with Crippen molar-refractivity contribution < 1.29 is 27.9 Å². The average molecular weight is 304 g/mol. The van der Waals surface area contributed by atoms with E-state index in [9.17, 15) is 23.1 Å². The normalized spacial score (nSPS) is 27.8. The molecule has 0 aromatic heterocycles. The molecule has 1 saturated carbocycles. The zero-order valence-corrected chi connectivity index (χ0v) is 12.3. The molecular weight excluding hydrogens is 284 g/mol. The number of hydrogen-bond donors (Lipinski definition) is 1. The Balaban J connectivity index is 2.34. The average Bonchev–Trinajstić information content (AvgIpc) is 3.09. The van der Waals surface area contributed by atoms with Gasteiger partial charge in [0.1, 0.15) is 0 Å². The molecule has 0 spiro atoms. The van der Waals surface area contributed by atoms with Crippen LogP contribution in [0.1, 0.15) is 32.6 Å². The van der Waals surface area contributed by atoms with Crippen LogP contribution >= 0.6 is 0 Å². The lowest BCUT2D eigenvalue weighted by atomic mass is 9.71. The van der Waals surface area contributed by atoms with Crippen molar-refractivity contribution in [3.8, 4) is 0 Å². The molecule has 1 saturated heterocycles. The topological polar surface area (TPSA) is 97.7 Å². The largest absolute Gasteiger partial charge is 0.480 e. The van der Waals surface area contributed by atoms with Crippen LogP contribution in [0.3, 0.4) is 0 Å². The van der Waals surface area contributed by atoms with Crippen LogP contribution in [0.2, 0.25) is 0 Å². The molecule has 2 atom stereocenters. The summed E-state index contributed by atoms with van der Waals surface area (Å²) in [5, 5.41) is 9.63. The van der Waals surface area contributed by atoms with E-state index < -0.39 is 33.1 Å². The van der Waals surface area contributed by atoms with E-state index in [1.54, 1.807) is 6.92 Å². The fraction of sp³-hybridized carbons (Fsp3) is 0.846. The molecule has 0 amide bonds. The minimum absolute atomic E-state index is 0.0449. The number of carbonyl (C=O) groups excluding carboxylic acids is 1. The lowest BCUT2D eigenvalue weighted by molar-refractivity contribution is -0.173. The molecule has 2 rings (SSSR count). The van der Waals surface area contributed by atoms with Crippen LogP contribution in [0.15, 0.2) is 0 Å². The third-order valence-electron chi connectivity index (χ3n) is 4.26. The van der Waals surface area contributed by atoms with Crippen LogP contribution < -0.4 is 0 Å². The highest BCUT2D eigenvalue weighted by molar-refractivity contribution is 7.91. The van der Waals surface area contributed by atoms with Crippen LogP contribution in [-0.4, -0.2) is 43.6 Å². The molecule has 0 aromatic rings. The Morgan fingerprint density at radius 1 is 1.30 bits per heavy atom. The van der Waals surface area contributed by atoms with Gasteiger partial charge in [-0.3, -0.25) is 9.59 Å². The lowest BCUT2D eigenvalue weighted by Gasteiger charge is -2.32. The van der Waals surface area contributed by atoms with Crippen LogP contribution in [0, 0.1) is 17.3 Å². The maximum Gasteiger partial charge on any atom is 0.323 e. The Bertz CT molecular complexity index is 507. The fourth-order valence-corrected chi connectivity index (χ4v) is 4.86. The number of carbonyl (C=O) groups is 2. The van der Waals surface area contributed by atoms with Gasteiger partial charge in [-0.15, -0.1) is 0 Å². The smallest absolute Gasteiger partial charge is 0.323 e. The molecule has 0 bridgehead atoms. The second-order valence-electron chi connectivity index (χ2n) is 5.74. The van der Waals surface area contributed by atoms with Gasteiger partial charge < -0.3 is 9.84 Å². The van der Waals surface area contributed by atoms with Crippen molar-refractivity contribution in [1.82, 2.24) is 0 Å². The van der Waals surface area contributed by atoms with Gasteiger partial charge in [-0.1, -0.05) is 12.8 Å². The second-order valence-corrected chi connectivity index (χ2v) is 7.97. The molecule has 2 fully saturated rings. The predicted molar refractivity (Wildman–Crippen MR) is 70.8 cm³/mol. The molecule has 1 aliphatic heterocycles. The fourth-order valence-electron chi connectivity index (χ4n) is 2.99. The predicted octanol–water partition coefficient (Wildman–Crippen LogP) is 0.855. The van der Waals surface area contributed by atoms with Crippen LogP contribution in [0.25, 0.3) is 0 Å². The van der Waals surface area contributed by atoms with Gasteiger partial charge in [-0.05, 0) is 25.7 Å². The summed E-state index contributed by atoms with van der Waals surface area (Å²) in [6.07, 6.45) is 2.21. The molecule has 2 aliphatic rings. The van der Waals surface area contributed by atoms with Gasteiger partial charge in [0, 0.05) is 5.92 Å². The van der Waals surface area contributed by atoms with Crippen molar-refractivity contribution in [3.63, 3.8) is 0 Å². The SMILES string of the molecule is CCOC(=O)C(CC1CC1)(C(=O)O)C1CCS(=O)(=O)C1. The molecular formula is C13H20O6S. The molecule has 7 heteroatoms. The lowest BCUT2D eigenvalue weighted by Crippen LogP contribution is -2.48. The zero-order valence-electron chi connectivity index (χ0n) is 11.5. The van der Waals surface area contributed by atoms with Crippen molar-refractivity contribution in [2.45, 2.75) is 32.6 Å². The highest BCUT2D eigenvalue weighted by Crippen LogP contribution is 2.48. The number of esters is 1. The van der Waals surface area contributed by atoms with E-state index in [1.807, 2.05) is 0 Å². The van der Waals surface area contributed by atoms with Crippen molar-refractivity contribution in [1.29, 1.82) is 0 Å². The quantitative estimate of drug-likeness (QED) is 0.577. The Kier molecular flexibility index (Phi) is 4.09. The highest BCUT2D eigenvalue weighted by atomic mass is 32.2. The van der Waals surface area contributed by atoms with E-state index in [0.29, 0.717) is 0 Å². The van der Waals surface area contributed by atoms with Crippen molar-refractivity contribution in [2.24, 2.45) is 17.3 Å². The number of sulfone groups is 1. The molecule has 2 unspecified atom stereocenters. The van der Waals surface area contributed by atoms with Gasteiger partial charge in [-0.25, -0.2) is 8.42 Å². The Labute approximate surface area is 118 Å². The first kappa shape index (κ1) is 15.3. The highest BCUT2D eigenvalue weighted by Gasteiger charge is 2.58. The van der Waals surface area contributed by atoms with Gasteiger partial charge in [0.05, 0.1) is 18.1 Å². The molecule has 0 aromatic carbocycles. The minimum Gasteiger partial charge on any atom is -0.480 e. The maximum atomic E-state index is 12.3. The van der Waals surface area contributed by atoms with Crippen LogP contribution in [-0.2, 0) is 24.2 Å². The van der Waals surface area contributed by atoms with E-state index in [1.165, 1.54) is 0 Å². The van der Waals surface area contributed by atoms with Gasteiger partial charge in [-0.2, -0.15) is 0 Å². The number of hydrogen-bond acceptors (Lipinski definition) is 5. The summed E-state index contributed by atoms with van der Waals surface area (Å²) in [6.45, 7) is 1.71. The summed E-state index contributed by atoms with van der Waals surface area (Å²) in [6, 6.07) is 0.